The highest BCUT2D eigenvalue weighted by Gasteiger charge is 2.30. The van der Waals surface area contributed by atoms with Gasteiger partial charge in [-0.25, -0.2) is 9.59 Å². The van der Waals surface area contributed by atoms with E-state index < -0.39 is 11.9 Å². The van der Waals surface area contributed by atoms with Crippen molar-refractivity contribution in [3.8, 4) is 0 Å². The lowest BCUT2D eigenvalue weighted by atomic mass is 9.80. The van der Waals surface area contributed by atoms with Gasteiger partial charge in [0.1, 0.15) is 0 Å². The molecule has 0 atom stereocenters. The van der Waals surface area contributed by atoms with Gasteiger partial charge in [-0.15, -0.1) is 0 Å². The molecule has 96 valence electrons. The Hall–Kier alpha value is -1.32. The standard InChI is InChI=1S/C13H20O4/c1-8(2)10(12(14)15)11(13(16)17)9-6-4-3-5-7-9/h8-9H,3-7H2,1-2H3,(H,14,15)(H,16,17)/b11-10+. The van der Waals surface area contributed by atoms with Crippen molar-refractivity contribution < 1.29 is 19.8 Å². The average Bonchev–Trinajstić information content (AvgIpc) is 2.25. The quantitative estimate of drug-likeness (QED) is 0.741. The van der Waals surface area contributed by atoms with Gasteiger partial charge in [-0.1, -0.05) is 33.1 Å². The lowest BCUT2D eigenvalue weighted by Crippen LogP contribution is -2.23. The molecule has 1 aliphatic rings. The van der Waals surface area contributed by atoms with Crippen molar-refractivity contribution in [2.75, 3.05) is 0 Å². The maximum atomic E-state index is 11.3. The Morgan fingerprint density at radius 2 is 1.53 bits per heavy atom. The lowest BCUT2D eigenvalue weighted by Gasteiger charge is -2.24. The Kier molecular flexibility index (Phi) is 4.73. The van der Waals surface area contributed by atoms with Crippen LogP contribution in [0.5, 0.6) is 0 Å². The molecule has 0 radical (unpaired) electrons. The third-order valence-corrected chi connectivity index (χ3v) is 3.34. The third-order valence-electron chi connectivity index (χ3n) is 3.34. The fourth-order valence-electron chi connectivity index (χ4n) is 2.57. The third kappa shape index (κ3) is 3.32. The van der Waals surface area contributed by atoms with Crippen LogP contribution in [-0.2, 0) is 9.59 Å². The largest absolute Gasteiger partial charge is 0.478 e. The van der Waals surface area contributed by atoms with E-state index in [2.05, 4.69) is 0 Å². The molecule has 0 saturated heterocycles. The summed E-state index contributed by atoms with van der Waals surface area (Å²) in [6.45, 7) is 3.46. The van der Waals surface area contributed by atoms with Crippen molar-refractivity contribution in [3.63, 3.8) is 0 Å². The van der Waals surface area contributed by atoms with Gasteiger partial charge in [0, 0.05) is 0 Å². The van der Waals surface area contributed by atoms with Gasteiger partial charge in [-0.3, -0.25) is 0 Å². The molecular formula is C13H20O4. The van der Waals surface area contributed by atoms with Crippen LogP contribution in [0.4, 0.5) is 0 Å². The monoisotopic (exact) mass is 240 g/mol. The molecule has 0 bridgehead atoms. The van der Waals surface area contributed by atoms with E-state index in [1.807, 2.05) is 0 Å². The summed E-state index contributed by atoms with van der Waals surface area (Å²) in [7, 11) is 0. The summed E-state index contributed by atoms with van der Waals surface area (Å²) >= 11 is 0. The Morgan fingerprint density at radius 1 is 1.00 bits per heavy atom. The zero-order valence-electron chi connectivity index (χ0n) is 10.4. The number of hydrogen-bond donors (Lipinski definition) is 2. The highest BCUT2D eigenvalue weighted by atomic mass is 16.4. The minimum absolute atomic E-state index is 0.0735. The first-order chi connectivity index (χ1) is 7.95. The van der Waals surface area contributed by atoms with E-state index >= 15 is 0 Å². The predicted octanol–water partition coefficient (Wildman–Crippen LogP) is 2.69. The summed E-state index contributed by atoms with van der Waals surface area (Å²) in [5.74, 6) is -2.51. The van der Waals surface area contributed by atoms with Gasteiger partial charge >= 0.3 is 11.9 Å². The van der Waals surface area contributed by atoms with Crippen molar-refractivity contribution in [2.45, 2.75) is 46.0 Å². The molecule has 0 aromatic carbocycles. The summed E-state index contributed by atoms with van der Waals surface area (Å²) in [6.07, 6.45) is 4.70. The van der Waals surface area contributed by atoms with E-state index in [0.29, 0.717) is 0 Å². The molecular weight excluding hydrogens is 220 g/mol. The maximum Gasteiger partial charge on any atom is 0.332 e. The van der Waals surface area contributed by atoms with Crippen LogP contribution in [0.1, 0.15) is 46.0 Å². The van der Waals surface area contributed by atoms with E-state index in [0.717, 1.165) is 32.1 Å². The first-order valence-electron chi connectivity index (χ1n) is 6.15. The Labute approximate surface area is 101 Å². The van der Waals surface area contributed by atoms with Gasteiger partial charge in [0.05, 0.1) is 11.1 Å². The Bertz CT molecular complexity index is 335. The fraction of sp³-hybridized carbons (Fsp3) is 0.692. The topological polar surface area (TPSA) is 74.6 Å². The van der Waals surface area contributed by atoms with Gasteiger partial charge in [0.25, 0.3) is 0 Å². The van der Waals surface area contributed by atoms with E-state index in [-0.39, 0.29) is 23.0 Å². The molecule has 17 heavy (non-hydrogen) atoms. The van der Waals surface area contributed by atoms with Gasteiger partial charge in [-0.05, 0) is 24.7 Å². The summed E-state index contributed by atoms with van der Waals surface area (Å²) in [4.78, 5) is 22.5. The summed E-state index contributed by atoms with van der Waals surface area (Å²) in [5.41, 5.74) is 0.205. The van der Waals surface area contributed by atoms with Crippen molar-refractivity contribution in [1.29, 1.82) is 0 Å². The number of carboxylic acid groups (broad SMARTS) is 2. The molecule has 0 spiro atoms. The maximum absolute atomic E-state index is 11.3. The van der Waals surface area contributed by atoms with Crippen LogP contribution in [0.15, 0.2) is 11.1 Å². The van der Waals surface area contributed by atoms with Crippen molar-refractivity contribution in [2.24, 2.45) is 11.8 Å². The summed E-state index contributed by atoms with van der Waals surface area (Å²) in [5, 5.41) is 18.4. The summed E-state index contributed by atoms with van der Waals surface area (Å²) < 4.78 is 0. The average molecular weight is 240 g/mol. The molecule has 1 saturated carbocycles. The molecule has 0 aromatic heterocycles. The predicted molar refractivity (Wildman–Crippen MR) is 63.7 cm³/mol. The van der Waals surface area contributed by atoms with Crippen LogP contribution < -0.4 is 0 Å². The SMILES string of the molecule is CC(C)/C(C(=O)O)=C(\C(=O)O)C1CCCCC1. The smallest absolute Gasteiger partial charge is 0.332 e. The minimum Gasteiger partial charge on any atom is -0.478 e. The number of aliphatic carboxylic acids is 2. The minimum atomic E-state index is -1.09. The second kappa shape index (κ2) is 5.84. The number of rotatable bonds is 4. The van der Waals surface area contributed by atoms with Crippen LogP contribution in [0.3, 0.4) is 0 Å². The van der Waals surface area contributed by atoms with Crippen molar-refractivity contribution >= 4 is 11.9 Å². The fourth-order valence-corrected chi connectivity index (χ4v) is 2.57. The number of hydrogen-bond acceptors (Lipinski definition) is 2. The molecule has 2 N–H and O–H groups in total. The van der Waals surface area contributed by atoms with Crippen LogP contribution >= 0.6 is 0 Å². The lowest BCUT2D eigenvalue weighted by molar-refractivity contribution is -0.137. The first-order valence-corrected chi connectivity index (χ1v) is 6.15. The van der Waals surface area contributed by atoms with Crippen LogP contribution in [-0.4, -0.2) is 22.2 Å². The first kappa shape index (κ1) is 13.7. The normalized spacial score (nSPS) is 19.0. The highest BCUT2D eigenvalue weighted by molar-refractivity contribution is 5.99. The molecule has 0 unspecified atom stereocenters. The second-order valence-corrected chi connectivity index (χ2v) is 4.93. The highest BCUT2D eigenvalue weighted by Crippen LogP contribution is 2.33. The van der Waals surface area contributed by atoms with Gasteiger partial charge in [-0.2, -0.15) is 0 Å². The van der Waals surface area contributed by atoms with Gasteiger partial charge < -0.3 is 10.2 Å². The molecule has 1 rings (SSSR count). The van der Waals surface area contributed by atoms with E-state index in [9.17, 15) is 19.8 Å². The van der Waals surface area contributed by atoms with E-state index in [1.165, 1.54) is 0 Å². The van der Waals surface area contributed by atoms with Crippen molar-refractivity contribution in [3.05, 3.63) is 11.1 Å². The van der Waals surface area contributed by atoms with Crippen LogP contribution in [0, 0.1) is 11.8 Å². The molecule has 1 aliphatic carbocycles. The zero-order valence-corrected chi connectivity index (χ0v) is 10.4. The van der Waals surface area contributed by atoms with E-state index in [4.69, 9.17) is 0 Å². The molecule has 0 aromatic rings. The molecule has 4 heteroatoms. The number of carboxylic acids is 2. The van der Waals surface area contributed by atoms with E-state index in [1.54, 1.807) is 13.8 Å². The van der Waals surface area contributed by atoms with Crippen LogP contribution in [0.25, 0.3) is 0 Å². The zero-order chi connectivity index (χ0) is 13.0. The molecule has 1 fully saturated rings. The molecule has 0 amide bonds. The van der Waals surface area contributed by atoms with Crippen molar-refractivity contribution in [1.82, 2.24) is 0 Å². The Morgan fingerprint density at radius 3 is 1.88 bits per heavy atom. The van der Waals surface area contributed by atoms with Gasteiger partial charge in [0.2, 0.25) is 0 Å². The summed E-state index contributed by atoms with van der Waals surface area (Å²) in [6, 6.07) is 0. The number of carbonyl (C=O) groups is 2. The molecule has 0 aliphatic heterocycles. The van der Waals surface area contributed by atoms with Gasteiger partial charge in [0.15, 0.2) is 0 Å². The second-order valence-electron chi connectivity index (χ2n) is 4.93. The van der Waals surface area contributed by atoms with Crippen LogP contribution in [0.2, 0.25) is 0 Å². The molecule has 4 nitrogen and oxygen atoms in total. The Balaban J connectivity index is 3.15. The molecule has 0 heterocycles.